The molecule has 2 fully saturated rings. The van der Waals surface area contributed by atoms with Crippen molar-refractivity contribution in [2.24, 2.45) is 0 Å². The standard InChI is InChI=1S/C13H26N2/c1-15(2)13(9-5-6-10-13)11-14-12-7-3-4-8-12/h12,14H,3-11H2,1-2H3. The van der Waals surface area contributed by atoms with Crippen molar-refractivity contribution in [3.05, 3.63) is 0 Å². The molecule has 88 valence electrons. The van der Waals surface area contributed by atoms with Gasteiger partial charge >= 0.3 is 0 Å². The van der Waals surface area contributed by atoms with Crippen molar-refractivity contribution < 1.29 is 0 Å². The Morgan fingerprint density at radius 3 is 2.20 bits per heavy atom. The molecule has 2 heteroatoms. The van der Waals surface area contributed by atoms with Gasteiger partial charge < -0.3 is 10.2 Å². The van der Waals surface area contributed by atoms with Crippen LogP contribution in [0.1, 0.15) is 51.4 Å². The van der Waals surface area contributed by atoms with Crippen LogP contribution in [0.4, 0.5) is 0 Å². The maximum atomic E-state index is 3.80. The molecule has 0 amide bonds. The molecule has 0 unspecified atom stereocenters. The van der Waals surface area contributed by atoms with E-state index in [2.05, 4.69) is 24.3 Å². The predicted molar refractivity (Wildman–Crippen MR) is 65.1 cm³/mol. The first-order valence-electron chi connectivity index (χ1n) is 6.64. The van der Waals surface area contributed by atoms with Gasteiger partial charge in [-0.2, -0.15) is 0 Å². The Bertz CT molecular complexity index is 189. The third-order valence-electron chi connectivity index (χ3n) is 4.56. The summed E-state index contributed by atoms with van der Waals surface area (Å²) >= 11 is 0. The van der Waals surface area contributed by atoms with E-state index in [9.17, 15) is 0 Å². The molecule has 0 aromatic rings. The summed E-state index contributed by atoms with van der Waals surface area (Å²) in [4.78, 5) is 2.46. The van der Waals surface area contributed by atoms with Crippen LogP contribution < -0.4 is 5.32 Å². The van der Waals surface area contributed by atoms with E-state index < -0.39 is 0 Å². The molecule has 0 heterocycles. The molecule has 2 aliphatic carbocycles. The molecule has 1 N–H and O–H groups in total. The van der Waals surface area contributed by atoms with Gasteiger partial charge in [0.25, 0.3) is 0 Å². The van der Waals surface area contributed by atoms with Crippen LogP contribution in [0.25, 0.3) is 0 Å². The van der Waals surface area contributed by atoms with Crippen molar-refractivity contribution in [1.82, 2.24) is 10.2 Å². The molecule has 0 atom stereocenters. The Kier molecular flexibility index (Phi) is 3.68. The maximum Gasteiger partial charge on any atom is 0.0327 e. The van der Waals surface area contributed by atoms with Crippen molar-refractivity contribution in [2.75, 3.05) is 20.6 Å². The smallest absolute Gasteiger partial charge is 0.0327 e. The molecule has 0 radical (unpaired) electrons. The predicted octanol–water partition coefficient (Wildman–Crippen LogP) is 2.39. The highest BCUT2D eigenvalue weighted by Gasteiger charge is 2.36. The fourth-order valence-electron chi connectivity index (χ4n) is 3.28. The quantitative estimate of drug-likeness (QED) is 0.766. The number of likely N-dealkylation sites (N-methyl/N-ethyl adjacent to an activating group) is 1. The fraction of sp³-hybridized carbons (Fsp3) is 1.00. The topological polar surface area (TPSA) is 15.3 Å². The summed E-state index contributed by atoms with van der Waals surface area (Å²) in [6.07, 6.45) is 11.3. The zero-order chi connectivity index (χ0) is 10.7. The number of hydrogen-bond donors (Lipinski definition) is 1. The summed E-state index contributed by atoms with van der Waals surface area (Å²) in [6, 6.07) is 0.822. The highest BCUT2D eigenvalue weighted by atomic mass is 15.2. The second-order valence-corrected chi connectivity index (χ2v) is 5.69. The zero-order valence-corrected chi connectivity index (χ0v) is 10.4. The molecule has 0 aromatic carbocycles. The van der Waals surface area contributed by atoms with Crippen molar-refractivity contribution in [3.8, 4) is 0 Å². The van der Waals surface area contributed by atoms with E-state index in [4.69, 9.17) is 0 Å². The van der Waals surface area contributed by atoms with Gasteiger partial charge in [-0.3, -0.25) is 0 Å². The van der Waals surface area contributed by atoms with Gasteiger partial charge in [0.1, 0.15) is 0 Å². The lowest BCUT2D eigenvalue weighted by Gasteiger charge is -2.37. The molecule has 0 saturated heterocycles. The first-order valence-corrected chi connectivity index (χ1v) is 6.64. The molecule has 2 nitrogen and oxygen atoms in total. The average molecular weight is 210 g/mol. The lowest BCUT2D eigenvalue weighted by atomic mass is 9.95. The van der Waals surface area contributed by atoms with Crippen LogP contribution in [0.15, 0.2) is 0 Å². The SMILES string of the molecule is CN(C)C1(CNC2CCCC2)CCCC1. The third-order valence-corrected chi connectivity index (χ3v) is 4.56. The summed E-state index contributed by atoms with van der Waals surface area (Å²) in [5.41, 5.74) is 0.475. The van der Waals surface area contributed by atoms with E-state index in [0.717, 1.165) is 6.04 Å². The number of hydrogen-bond acceptors (Lipinski definition) is 2. The second kappa shape index (κ2) is 4.84. The molecular formula is C13H26N2. The van der Waals surface area contributed by atoms with Gasteiger partial charge in [0, 0.05) is 18.1 Å². The van der Waals surface area contributed by atoms with Gasteiger partial charge in [0.05, 0.1) is 0 Å². The first-order chi connectivity index (χ1) is 7.23. The minimum Gasteiger partial charge on any atom is -0.312 e. The van der Waals surface area contributed by atoms with Crippen LogP contribution in [0.5, 0.6) is 0 Å². The second-order valence-electron chi connectivity index (χ2n) is 5.69. The molecule has 2 aliphatic rings. The van der Waals surface area contributed by atoms with Gasteiger partial charge in [-0.15, -0.1) is 0 Å². The fourth-order valence-corrected chi connectivity index (χ4v) is 3.28. The van der Waals surface area contributed by atoms with Gasteiger partial charge in [-0.05, 0) is 39.8 Å². The highest BCUT2D eigenvalue weighted by Crippen LogP contribution is 2.33. The monoisotopic (exact) mass is 210 g/mol. The zero-order valence-electron chi connectivity index (χ0n) is 10.4. The van der Waals surface area contributed by atoms with Gasteiger partial charge in [0.15, 0.2) is 0 Å². The van der Waals surface area contributed by atoms with E-state index >= 15 is 0 Å². The van der Waals surface area contributed by atoms with Crippen LogP contribution in [0, 0.1) is 0 Å². The number of nitrogens with zero attached hydrogens (tertiary/aromatic N) is 1. The lowest BCUT2D eigenvalue weighted by Crippen LogP contribution is -2.51. The van der Waals surface area contributed by atoms with Crippen LogP contribution in [-0.4, -0.2) is 37.1 Å². The summed E-state index contributed by atoms with van der Waals surface area (Å²) in [5, 5.41) is 3.80. The molecule has 0 spiro atoms. The van der Waals surface area contributed by atoms with Crippen molar-refractivity contribution in [3.63, 3.8) is 0 Å². The summed E-state index contributed by atoms with van der Waals surface area (Å²) in [6.45, 7) is 1.21. The Morgan fingerprint density at radius 2 is 1.67 bits per heavy atom. The molecule has 2 saturated carbocycles. The molecule has 15 heavy (non-hydrogen) atoms. The minimum absolute atomic E-state index is 0.475. The minimum atomic E-state index is 0.475. The van der Waals surface area contributed by atoms with E-state index in [1.54, 1.807) is 0 Å². The van der Waals surface area contributed by atoms with Crippen molar-refractivity contribution in [1.29, 1.82) is 0 Å². The van der Waals surface area contributed by atoms with Crippen LogP contribution >= 0.6 is 0 Å². The molecule has 2 rings (SSSR count). The van der Waals surface area contributed by atoms with Crippen molar-refractivity contribution in [2.45, 2.75) is 62.9 Å². The maximum absolute atomic E-state index is 3.80. The Balaban J connectivity index is 1.83. The summed E-state index contributed by atoms with van der Waals surface area (Å²) in [5.74, 6) is 0. The Labute approximate surface area is 94.4 Å². The van der Waals surface area contributed by atoms with E-state index in [1.165, 1.54) is 57.9 Å². The summed E-state index contributed by atoms with van der Waals surface area (Å²) < 4.78 is 0. The van der Waals surface area contributed by atoms with E-state index in [0.29, 0.717) is 5.54 Å². The largest absolute Gasteiger partial charge is 0.312 e. The van der Waals surface area contributed by atoms with Crippen LogP contribution in [0.3, 0.4) is 0 Å². The van der Waals surface area contributed by atoms with Gasteiger partial charge in [0.2, 0.25) is 0 Å². The van der Waals surface area contributed by atoms with Crippen LogP contribution in [0.2, 0.25) is 0 Å². The van der Waals surface area contributed by atoms with Gasteiger partial charge in [-0.1, -0.05) is 25.7 Å². The van der Waals surface area contributed by atoms with Crippen LogP contribution in [-0.2, 0) is 0 Å². The lowest BCUT2D eigenvalue weighted by molar-refractivity contribution is 0.149. The molecule has 0 bridgehead atoms. The Hall–Kier alpha value is -0.0800. The molecular weight excluding hydrogens is 184 g/mol. The highest BCUT2D eigenvalue weighted by molar-refractivity contribution is 4.95. The van der Waals surface area contributed by atoms with Gasteiger partial charge in [-0.25, -0.2) is 0 Å². The Morgan fingerprint density at radius 1 is 1.07 bits per heavy atom. The number of nitrogens with one attached hydrogen (secondary N) is 1. The first kappa shape index (κ1) is 11.4. The van der Waals surface area contributed by atoms with E-state index in [1.807, 2.05) is 0 Å². The number of rotatable bonds is 4. The normalized spacial score (nSPS) is 26.6. The third kappa shape index (κ3) is 2.54. The van der Waals surface area contributed by atoms with E-state index in [-0.39, 0.29) is 0 Å². The molecule has 0 aromatic heterocycles. The molecule has 0 aliphatic heterocycles. The van der Waals surface area contributed by atoms with Crippen molar-refractivity contribution >= 4 is 0 Å². The summed E-state index contributed by atoms with van der Waals surface area (Å²) in [7, 11) is 4.50. The average Bonchev–Trinajstić information content (AvgIpc) is 2.87.